The minimum absolute atomic E-state index is 0.137. The standard InChI is InChI=1S/C21H24N4O5S/c1-14-18(13-22-20(26)16-10-6-8-12-19(16)29-4)23-21(30-14)15-9-5-7-11-17(15)24-31(27,28)25(2)3/h5-12,24H,13H2,1-4H3,(H,22,26). The minimum Gasteiger partial charge on any atom is -0.496 e. The van der Waals surface area contributed by atoms with E-state index in [4.69, 9.17) is 9.15 Å². The minimum atomic E-state index is -3.70. The van der Waals surface area contributed by atoms with E-state index in [9.17, 15) is 13.2 Å². The molecule has 0 aliphatic rings. The van der Waals surface area contributed by atoms with Crippen LogP contribution in [0.15, 0.2) is 52.9 Å². The molecule has 1 heterocycles. The van der Waals surface area contributed by atoms with Crippen molar-refractivity contribution < 1.29 is 22.4 Å². The SMILES string of the molecule is COc1ccccc1C(=O)NCc1nc(-c2ccccc2NS(=O)(=O)N(C)C)oc1C. The lowest BCUT2D eigenvalue weighted by Crippen LogP contribution is -2.29. The Morgan fingerprint density at radius 2 is 1.81 bits per heavy atom. The summed E-state index contributed by atoms with van der Waals surface area (Å²) in [4.78, 5) is 17.0. The summed E-state index contributed by atoms with van der Waals surface area (Å²) in [7, 11) is 0.670. The molecule has 10 heteroatoms. The highest BCUT2D eigenvalue weighted by molar-refractivity contribution is 7.90. The van der Waals surface area contributed by atoms with Crippen LogP contribution in [0.1, 0.15) is 21.8 Å². The Morgan fingerprint density at radius 1 is 1.13 bits per heavy atom. The Bertz CT molecular complexity index is 1190. The van der Waals surface area contributed by atoms with Crippen LogP contribution in [-0.4, -0.2) is 44.8 Å². The number of hydrogen-bond acceptors (Lipinski definition) is 6. The van der Waals surface area contributed by atoms with Gasteiger partial charge >= 0.3 is 10.2 Å². The summed E-state index contributed by atoms with van der Waals surface area (Å²) in [6, 6.07) is 13.7. The third-order valence-electron chi connectivity index (χ3n) is 4.54. The Hall–Kier alpha value is -3.37. The Morgan fingerprint density at radius 3 is 2.52 bits per heavy atom. The number of ether oxygens (including phenoxy) is 1. The average Bonchev–Trinajstić information content (AvgIpc) is 3.12. The average molecular weight is 445 g/mol. The van der Waals surface area contributed by atoms with Crippen molar-refractivity contribution in [2.24, 2.45) is 0 Å². The summed E-state index contributed by atoms with van der Waals surface area (Å²) in [5.74, 6) is 0.928. The summed E-state index contributed by atoms with van der Waals surface area (Å²) in [5.41, 5.74) is 1.76. The van der Waals surface area contributed by atoms with Crippen LogP contribution in [0.3, 0.4) is 0 Å². The largest absolute Gasteiger partial charge is 0.496 e. The number of hydrogen-bond donors (Lipinski definition) is 2. The van der Waals surface area contributed by atoms with Gasteiger partial charge in [-0.15, -0.1) is 0 Å². The fourth-order valence-electron chi connectivity index (χ4n) is 2.79. The van der Waals surface area contributed by atoms with E-state index in [2.05, 4.69) is 15.0 Å². The lowest BCUT2D eigenvalue weighted by Gasteiger charge is -2.15. The van der Waals surface area contributed by atoms with Crippen LogP contribution in [0.25, 0.3) is 11.5 Å². The van der Waals surface area contributed by atoms with Crippen molar-refractivity contribution >= 4 is 21.8 Å². The second kappa shape index (κ2) is 9.19. The lowest BCUT2D eigenvalue weighted by molar-refractivity contribution is 0.0947. The molecule has 1 aromatic heterocycles. The molecule has 0 fully saturated rings. The number of para-hydroxylation sites is 2. The van der Waals surface area contributed by atoms with Crippen LogP contribution in [0.5, 0.6) is 5.75 Å². The molecule has 0 saturated carbocycles. The van der Waals surface area contributed by atoms with Crippen molar-refractivity contribution in [3.05, 3.63) is 65.5 Å². The Kier molecular flexibility index (Phi) is 6.62. The van der Waals surface area contributed by atoms with Crippen LogP contribution < -0.4 is 14.8 Å². The number of nitrogens with one attached hydrogen (secondary N) is 2. The topological polar surface area (TPSA) is 114 Å². The monoisotopic (exact) mass is 444 g/mol. The highest BCUT2D eigenvalue weighted by Gasteiger charge is 2.20. The second-order valence-electron chi connectivity index (χ2n) is 6.84. The maximum absolute atomic E-state index is 12.5. The normalized spacial score (nSPS) is 11.4. The number of aryl methyl sites for hydroxylation is 1. The quantitative estimate of drug-likeness (QED) is 0.552. The number of carbonyl (C=O) groups is 1. The number of benzene rings is 2. The zero-order chi connectivity index (χ0) is 22.6. The second-order valence-corrected chi connectivity index (χ2v) is 8.72. The highest BCUT2D eigenvalue weighted by Crippen LogP contribution is 2.29. The Balaban J connectivity index is 1.81. The van der Waals surface area contributed by atoms with Crippen molar-refractivity contribution in [1.29, 1.82) is 0 Å². The van der Waals surface area contributed by atoms with Gasteiger partial charge in [0, 0.05) is 14.1 Å². The highest BCUT2D eigenvalue weighted by atomic mass is 32.2. The first-order chi connectivity index (χ1) is 14.7. The first-order valence-electron chi connectivity index (χ1n) is 9.40. The van der Waals surface area contributed by atoms with Gasteiger partial charge in [0.15, 0.2) is 0 Å². The van der Waals surface area contributed by atoms with Crippen molar-refractivity contribution in [3.63, 3.8) is 0 Å². The van der Waals surface area contributed by atoms with E-state index >= 15 is 0 Å². The van der Waals surface area contributed by atoms with Crippen molar-refractivity contribution in [3.8, 4) is 17.2 Å². The van der Waals surface area contributed by atoms with E-state index in [1.807, 2.05) is 0 Å². The first kappa shape index (κ1) is 22.3. The lowest BCUT2D eigenvalue weighted by atomic mass is 10.2. The smallest absolute Gasteiger partial charge is 0.301 e. The molecule has 0 bridgehead atoms. The molecule has 3 aromatic rings. The van der Waals surface area contributed by atoms with Gasteiger partial charge in [0.1, 0.15) is 17.2 Å². The number of nitrogens with zero attached hydrogens (tertiary/aromatic N) is 2. The van der Waals surface area contributed by atoms with E-state index in [0.717, 1.165) is 4.31 Å². The molecule has 1 amide bonds. The zero-order valence-electron chi connectivity index (χ0n) is 17.7. The van der Waals surface area contributed by atoms with E-state index in [1.165, 1.54) is 21.2 Å². The molecule has 164 valence electrons. The molecular weight excluding hydrogens is 420 g/mol. The molecule has 0 saturated heterocycles. The summed E-state index contributed by atoms with van der Waals surface area (Å²) in [5, 5.41) is 2.80. The number of aromatic nitrogens is 1. The molecule has 0 radical (unpaired) electrons. The number of anilines is 1. The van der Waals surface area contributed by atoms with Crippen LogP contribution in [-0.2, 0) is 16.8 Å². The van der Waals surface area contributed by atoms with Crippen LogP contribution >= 0.6 is 0 Å². The van der Waals surface area contributed by atoms with E-state index < -0.39 is 10.2 Å². The summed E-state index contributed by atoms with van der Waals surface area (Å²) < 4.78 is 39.0. The number of methoxy groups -OCH3 is 1. The summed E-state index contributed by atoms with van der Waals surface area (Å²) in [6.07, 6.45) is 0. The molecule has 0 aliphatic carbocycles. The van der Waals surface area contributed by atoms with Gasteiger partial charge in [-0.05, 0) is 31.2 Å². The molecule has 0 atom stereocenters. The summed E-state index contributed by atoms with van der Waals surface area (Å²) >= 11 is 0. The maximum Gasteiger partial charge on any atom is 0.301 e. The maximum atomic E-state index is 12.5. The van der Waals surface area contributed by atoms with Crippen molar-refractivity contribution in [2.45, 2.75) is 13.5 Å². The van der Waals surface area contributed by atoms with Gasteiger partial charge in [-0.3, -0.25) is 9.52 Å². The number of oxazole rings is 1. The number of amides is 1. The fraction of sp³-hybridized carbons (Fsp3) is 0.238. The van der Waals surface area contributed by atoms with Gasteiger partial charge in [0.05, 0.1) is 30.5 Å². The molecule has 0 spiro atoms. The zero-order valence-corrected chi connectivity index (χ0v) is 18.5. The molecule has 0 aliphatic heterocycles. The summed E-state index contributed by atoms with van der Waals surface area (Å²) in [6.45, 7) is 1.87. The van der Waals surface area contributed by atoms with Gasteiger partial charge < -0.3 is 14.5 Å². The fourth-order valence-corrected chi connectivity index (χ4v) is 3.43. The molecule has 9 nitrogen and oxygen atoms in total. The molecule has 3 rings (SSSR count). The third kappa shape index (κ3) is 5.04. The van der Waals surface area contributed by atoms with Crippen molar-refractivity contribution in [2.75, 3.05) is 25.9 Å². The first-order valence-corrected chi connectivity index (χ1v) is 10.8. The van der Waals surface area contributed by atoms with Gasteiger partial charge in [-0.2, -0.15) is 12.7 Å². The van der Waals surface area contributed by atoms with Gasteiger partial charge in [-0.25, -0.2) is 4.98 Å². The predicted molar refractivity (Wildman–Crippen MR) is 117 cm³/mol. The molecule has 0 unspecified atom stereocenters. The third-order valence-corrected chi connectivity index (χ3v) is 5.98. The molecule has 2 N–H and O–H groups in total. The van der Waals surface area contributed by atoms with Crippen LogP contribution in [0.4, 0.5) is 5.69 Å². The van der Waals surface area contributed by atoms with Crippen LogP contribution in [0, 0.1) is 6.92 Å². The molecule has 31 heavy (non-hydrogen) atoms. The van der Waals surface area contributed by atoms with Gasteiger partial charge in [-0.1, -0.05) is 24.3 Å². The molecule has 2 aromatic carbocycles. The van der Waals surface area contributed by atoms with E-state index in [-0.39, 0.29) is 18.3 Å². The van der Waals surface area contributed by atoms with Crippen molar-refractivity contribution in [1.82, 2.24) is 14.6 Å². The number of rotatable bonds is 8. The molecular formula is C21H24N4O5S. The van der Waals surface area contributed by atoms with E-state index in [0.29, 0.717) is 34.0 Å². The van der Waals surface area contributed by atoms with Gasteiger partial charge in [0.2, 0.25) is 5.89 Å². The Labute approximate surface area is 181 Å². The predicted octanol–water partition coefficient (Wildman–Crippen LogP) is 2.81. The van der Waals surface area contributed by atoms with E-state index in [1.54, 1.807) is 55.5 Å². The van der Waals surface area contributed by atoms with Crippen LogP contribution in [0.2, 0.25) is 0 Å². The number of carbonyl (C=O) groups excluding carboxylic acids is 1. The van der Waals surface area contributed by atoms with Gasteiger partial charge in [0.25, 0.3) is 5.91 Å².